The van der Waals surface area contributed by atoms with Crippen LogP contribution in [0.4, 0.5) is 5.82 Å². The first-order chi connectivity index (χ1) is 10.3. The van der Waals surface area contributed by atoms with Gasteiger partial charge in [-0.1, -0.05) is 11.6 Å². The van der Waals surface area contributed by atoms with Crippen molar-refractivity contribution in [1.82, 2.24) is 24.7 Å². The van der Waals surface area contributed by atoms with Gasteiger partial charge in [-0.3, -0.25) is 0 Å². The summed E-state index contributed by atoms with van der Waals surface area (Å²) in [5.74, 6) is 2.81. The molecule has 0 radical (unpaired) electrons. The normalized spacial score (nSPS) is 13.6. The highest BCUT2D eigenvalue weighted by Crippen LogP contribution is 2.23. The number of aryl methyl sites for hydroxylation is 1. The zero-order valence-corrected chi connectivity index (χ0v) is 12.0. The second-order valence-corrected chi connectivity index (χ2v) is 5.46. The fourth-order valence-corrected chi connectivity index (χ4v) is 2.84. The molecule has 3 heterocycles. The summed E-state index contributed by atoms with van der Waals surface area (Å²) in [4.78, 5) is 8.54. The number of nitrogens with one attached hydrogen (secondary N) is 1. The van der Waals surface area contributed by atoms with Gasteiger partial charge in [-0.25, -0.2) is 9.97 Å². The van der Waals surface area contributed by atoms with Gasteiger partial charge in [-0.2, -0.15) is 0 Å². The lowest BCUT2D eigenvalue weighted by molar-refractivity contribution is 0.695. The van der Waals surface area contributed by atoms with Crippen LogP contribution < -0.4 is 5.32 Å². The van der Waals surface area contributed by atoms with E-state index >= 15 is 0 Å². The van der Waals surface area contributed by atoms with E-state index in [1.54, 1.807) is 0 Å². The van der Waals surface area contributed by atoms with Crippen molar-refractivity contribution in [3.8, 4) is 0 Å². The number of benzene rings is 1. The maximum Gasteiger partial charge on any atom is 0.152 e. The summed E-state index contributed by atoms with van der Waals surface area (Å²) in [5.41, 5.74) is 0.825. The van der Waals surface area contributed by atoms with Gasteiger partial charge in [0.15, 0.2) is 5.82 Å². The van der Waals surface area contributed by atoms with Crippen molar-refractivity contribution in [3.63, 3.8) is 0 Å². The van der Waals surface area contributed by atoms with Crippen molar-refractivity contribution < 1.29 is 0 Å². The van der Waals surface area contributed by atoms with Gasteiger partial charge in [0.05, 0.1) is 12.1 Å². The molecular formula is C14H13ClN6. The molecule has 0 unspecified atom stereocenters. The highest BCUT2D eigenvalue weighted by atomic mass is 35.5. The molecule has 2 aromatic heterocycles. The number of rotatable bonds is 3. The Balaban J connectivity index is 1.62. The third-order valence-corrected chi connectivity index (χ3v) is 3.93. The van der Waals surface area contributed by atoms with E-state index in [1.165, 1.54) is 6.33 Å². The maximum absolute atomic E-state index is 5.99. The molecule has 21 heavy (non-hydrogen) atoms. The standard InChI is InChI=1S/C14H13ClN6/c15-9-3-4-10-11(6-9)17-8-18-14(10)16-7-13-20-19-12-2-1-5-21(12)13/h3-4,6,8H,1-2,5,7H2,(H,16,17,18). The van der Waals surface area contributed by atoms with Crippen LogP contribution in [0.15, 0.2) is 24.5 Å². The van der Waals surface area contributed by atoms with E-state index in [2.05, 4.69) is 30.0 Å². The molecule has 0 fully saturated rings. The molecule has 1 aliphatic rings. The minimum Gasteiger partial charge on any atom is -0.362 e. The van der Waals surface area contributed by atoms with Crippen LogP contribution >= 0.6 is 11.6 Å². The van der Waals surface area contributed by atoms with Gasteiger partial charge in [0, 0.05) is 23.4 Å². The van der Waals surface area contributed by atoms with Gasteiger partial charge in [-0.05, 0) is 24.6 Å². The van der Waals surface area contributed by atoms with Crippen molar-refractivity contribution in [2.45, 2.75) is 25.9 Å². The zero-order valence-electron chi connectivity index (χ0n) is 11.3. The van der Waals surface area contributed by atoms with Crippen LogP contribution in [0.5, 0.6) is 0 Å². The minimum absolute atomic E-state index is 0.599. The van der Waals surface area contributed by atoms with Crippen LogP contribution in [0.3, 0.4) is 0 Å². The van der Waals surface area contributed by atoms with Gasteiger partial charge in [0.1, 0.15) is 18.0 Å². The lowest BCUT2D eigenvalue weighted by Crippen LogP contribution is -2.09. The fourth-order valence-electron chi connectivity index (χ4n) is 2.68. The van der Waals surface area contributed by atoms with Crippen LogP contribution in [0.1, 0.15) is 18.1 Å². The number of anilines is 1. The monoisotopic (exact) mass is 300 g/mol. The zero-order chi connectivity index (χ0) is 14.2. The largest absolute Gasteiger partial charge is 0.362 e. The average molecular weight is 301 g/mol. The first kappa shape index (κ1) is 12.5. The smallest absolute Gasteiger partial charge is 0.152 e. The van der Waals surface area contributed by atoms with Crippen LogP contribution in [-0.4, -0.2) is 24.7 Å². The van der Waals surface area contributed by atoms with Gasteiger partial charge >= 0.3 is 0 Å². The van der Waals surface area contributed by atoms with Crippen LogP contribution in [-0.2, 0) is 19.5 Å². The SMILES string of the molecule is Clc1ccc2c(NCc3nnc4n3CCC4)ncnc2c1. The highest BCUT2D eigenvalue weighted by molar-refractivity contribution is 6.31. The van der Waals surface area contributed by atoms with E-state index < -0.39 is 0 Å². The van der Waals surface area contributed by atoms with Crippen molar-refractivity contribution in [2.75, 3.05) is 5.32 Å². The summed E-state index contributed by atoms with van der Waals surface area (Å²) in [6.07, 6.45) is 3.70. The van der Waals surface area contributed by atoms with Crippen molar-refractivity contribution in [3.05, 3.63) is 41.2 Å². The third-order valence-electron chi connectivity index (χ3n) is 3.70. The predicted octanol–water partition coefficient (Wildman–Crippen LogP) is 2.43. The van der Waals surface area contributed by atoms with Crippen LogP contribution in [0.25, 0.3) is 10.9 Å². The third kappa shape index (κ3) is 2.21. The number of aromatic nitrogens is 5. The molecule has 3 aromatic rings. The number of nitrogens with zero attached hydrogens (tertiary/aromatic N) is 5. The molecule has 0 saturated carbocycles. The number of hydrogen-bond donors (Lipinski definition) is 1. The van der Waals surface area contributed by atoms with Crippen LogP contribution in [0, 0.1) is 0 Å². The summed E-state index contributed by atoms with van der Waals surface area (Å²) in [6.45, 7) is 1.60. The number of fused-ring (bicyclic) bond motifs is 2. The second-order valence-electron chi connectivity index (χ2n) is 5.02. The van der Waals surface area contributed by atoms with E-state index in [-0.39, 0.29) is 0 Å². The lowest BCUT2D eigenvalue weighted by Gasteiger charge is -2.08. The highest BCUT2D eigenvalue weighted by Gasteiger charge is 2.17. The van der Waals surface area contributed by atoms with E-state index in [9.17, 15) is 0 Å². The first-order valence-electron chi connectivity index (χ1n) is 6.86. The molecule has 7 heteroatoms. The molecule has 1 aromatic carbocycles. The van der Waals surface area contributed by atoms with Crippen LogP contribution in [0.2, 0.25) is 5.02 Å². The Morgan fingerprint density at radius 2 is 2.19 bits per heavy atom. The predicted molar refractivity (Wildman–Crippen MR) is 80.2 cm³/mol. The Hall–Kier alpha value is -2.21. The van der Waals surface area contributed by atoms with Gasteiger partial charge in [0.2, 0.25) is 0 Å². The molecule has 1 aliphatic heterocycles. The van der Waals surface area contributed by atoms with E-state index in [1.807, 2.05) is 18.2 Å². The van der Waals surface area contributed by atoms with Gasteiger partial charge in [0.25, 0.3) is 0 Å². The molecule has 0 amide bonds. The Labute approximate surface area is 126 Å². The molecule has 0 aliphatic carbocycles. The molecular weight excluding hydrogens is 288 g/mol. The summed E-state index contributed by atoms with van der Waals surface area (Å²) < 4.78 is 2.17. The number of halogens is 1. The van der Waals surface area contributed by atoms with E-state index in [4.69, 9.17) is 11.6 Å². The minimum atomic E-state index is 0.599. The number of hydrogen-bond acceptors (Lipinski definition) is 5. The molecule has 0 bridgehead atoms. The quantitative estimate of drug-likeness (QED) is 0.804. The molecule has 6 nitrogen and oxygen atoms in total. The van der Waals surface area contributed by atoms with E-state index in [0.29, 0.717) is 11.6 Å². The molecule has 0 spiro atoms. The Bertz CT molecular complexity index is 812. The molecule has 0 saturated heterocycles. The van der Waals surface area contributed by atoms with Crippen molar-refractivity contribution in [2.24, 2.45) is 0 Å². The Morgan fingerprint density at radius 1 is 1.24 bits per heavy atom. The summed E-state index contributed by atoms with van der Waals surface area (Å²) in [5, 5.41) is 13.4. The fraction of sp³-hybridized carbons (Fsp3) is 0.286. The Morgan fingerprint density at radius 3 is 3.14 bits per heavy atom. The van der Waals surface area contributed by atoms with E-state index in [0.717, 1.165) is 47.8 Å². The summed E-state index contributed by atoms with van der Waals surface area (Å²) >= 11 is 5.99. The molecule has 0 atom stereocenters. The molecule has 1 N–H and O–H groups in total. The topological polar surface area (TPSA) is 68.5 Å². The van der Waals surface area contributed by atoms with Gasteiger partial charge in [-0.15, -0.1) is 10.2 Å². The van der Waals surface area contributed by atoms with Gasteiger partial charge < -0.3 is 9.88 Å². The van der Waals surface area contributed by atoms with Crippen molar-refractivity contribution in [1.29, 1.82) is 0 Å². The molecule has 4 rings (SSSR count). The lowest BCUT2D eigenvalue weighted by atomic mass is 10.2. The average Bonchev–Trinajstić information content (AvgIpc) is 3.08. The maximum atomic E-state index is 5.99. The summed E-state index contributed by atoms with van der Waals surface area (Å²) in [6, 6.07) is 5.60. The second kappa shape index (κ2) is 4.96. The van der Waals surface area contributed by atoms with Crippen molar-refractivity contribution >= 4 is 28.3 Å². The Kier molecular flexibility index (Phi) is 2.96. The molecule has 106 valence electrons. The summed E-state index contributed by atoms with van der Waals surface area (Å²) in [7, 11) is 0. The first-order valence-corrected chi connectivity index (χ1v) is 7.24.